The SMILES string of the molecule is Cc1cc(C(=O)CN2C(=O)N[C@@]3(CCOc4ccccc43)C2=O)c(C)n1[C@@H]1CCS(=O)(=O)C1. The van der Waals surface area contributed by atoms with E-state index in [-0.39, 0.29) is 42.9 Å². The third-order valence-corrected chi connectivity index (χ3v) is 8.67. The van der Waals surface area contributed by atoms with E-state index in [4.69, 9.17) is 4.74 Å². The van der Waals surface area contributed by atoms with Crippen molar-refractivity contribution in [3.63, 3.8) is 0 Å². The molecule has 174 valence electrons. The first-order valence-corrected chi connectivity index (χ1v) is 12.7. The molecular weight excluding hydrogens is 446 g/mol. The van der Waals surface area contributed by atoms with Crippen LogP contribution in [0, 0.1) is 13.8 Å². The van der Waals surface area contributed by atoms with Gasteiger partial charge in [0.2, 0.25) is 0 Å². The van der Waals surface area contributed by atoms with E-state index in [1.165, 1.54) is 0 Å². The molecule has 2 fully saturated rings. The number of rotatable bonds is 4. The van der Waals surface area contributed by atoms with Gasteiger partial charge in [-0.25, -0.2) is 13.2 Å². The number of aromatic nitrogens is 1. The first kappa shape index (κ1) is 21.7. The zero-order valence-corrected chi connectivity index (χ0v) is 19.3. The summed E-state index contributed by atoms with van der Waals surface area (Å²) in [6, 6.07) is 7.96. The van der Waals surface area contributed by atoms with Gasteiger partial charge in [-0.3, -0.25) is 14.5 Å². The zero-order chi connectivity index (χ0) is 23.5. The minimum absolute atomic E-state index is 0.0496. The largest absolute Gasteiger partial charge is 0.493 e. The molecule has 0 bridgehead atoms. The van der Waals surface area contributed by atoms with E-state index in [0.717, 1.165) is 10.6 Å². The van der Waals surface area contributed by atoms with Crippen LogP contribution in [0.4, 0.5) is 4.79 Å². The number of hydrogen-bond donors (Lipinski definition) is 1. The van der Waals surface area contributed by atoms with Crippen LogP contribution in [0.1, 0.15) is 46.2 Å². The molecule has 9 nitrogen and oxygen atoms in total. The summed E-state index contributed by atoms with van der Waals surface area (Å²) >= 11 is 0. The number of benzene rings is 1. The van der Waals surface area contributed by atoms with Crippen LogP contribution in [0.25, 0.3) is 0 Å². The van der Waals surface area contributed by atoms with Gasteiger partial charge in [0, 0.05) is 35.0 Å². The fourth-order valence-corrected chi connectivity index (χ4v) is 7.04. The third-order valence-electron chi connectivity index (χ3n) is 6.92. The Balaban J connectivity index is 1.41. The Labute approximate surface area is 191 Å². The molecule has 4 heterocycles. The van der Waals surface area contributed by atoms with Crippen molar-refractivity contribution in [3.8, 4) is 5.75 Å². The second kappa shape index (κ2) is 7.44. The highest BCUT2D eigenvalue weighted by Crippen LogP contribution is 2.41. The van der Waals surface area contributed by atoms with Crippen LogP contribution < -0.4 is 10.1 Å². The lowest BCUT2D eigenvalue weighted by molar-refractivity contribution is -0.132. The van der Waals surface area contributed by atoms with Crippen LogP contribution in [-0.2, 0) is 20.2 Å². The van der Waals surface area contributed by atoms with Gasteiger partial charge < -0.3 is 14.6 Å². The van der Waals surface area contributed by atoms with Crippen molar-refractivity contribution in [1.29, 1.82) is 0 Å². The lowest BCUT2D eigenvalue weighted by atomic mass is 9.84. The number of carbonyl (C=O) groups is 3. The number of amides is 3. The van der Waals surface area contributed by atoms with Gasteiger partial charge in [0.05, 0.1) is 24.7 Å². The van der Waals surface area contributed by atoms with Crippen LogP contribution in [0.5, 0.6) is 5.75 Å². The van der Waals surface area contributed by atoms with Crippen molar-refractivity contribution >= 4 is 27.6 Å². The monoisotopic (exact) mass is 471 g/mol. The predicted molar refractivity (Wildman–Crippen MR) is 119 cm³/mol. The molecule has 1 aromatic heterocycles. The summed E-state index contributed by atoms with van der Waals surface area (Å²) in [5, 5.41) is 2.80. The highest BCUT2D eigenvalue weighted by molar-refractivity contribution is 7.91. The second-order valence-electron chi connectivity index (χ2n) is 8.96. The van der Waals surface area contributed by atoms with Gasteiger partial charge >= 0.3 is 6.03 Å². The maximum atomic E-state index is 13.4. The molecule has 1 spiro atoms. The molecule has 0 radical (unpaired) electrons. The standard InChI is InChI=1S/C23H25N3O6S/c1-14-11-17(15(2)26(14)16-7-10-33(30,31)13-16)19(27)12-25-21(28)23(24-22(25)29)8-9-32-20-6-4-3-5-18(20)23/h3-6,11,16H,7-10,12-13H2,1-2H3,(H,24,29)/t16-,23-/m1/s1. The van der Waals surface area contributed by atoms with Crippen molar-refractivity contribution in [1.82, 2.24) is 14.8 Å². The normalized spacial score (nSPS) is 25.8. The molecular formula is C23H25N3O6S. The minimum Gasteiger partial charge on any atom is -0.493 e. The first-order valence-electron chi connectivity index (χ1n) is 10.9. The van der Waals surface area contributed by atoms with Crippen molar-refractivity contribution in [3.05, 3.63) is 52.8 Å². The molecule has 3 aliphatic heterocycles. The summed E-state index contributed by atoms with van der Waals surface area (Å²) in [6.07, 6.45) is 0.785. The van der Waals surface area contributed by atoms with Crippen molar-refractivity contribution in [2.75, 3.05) is 24.7 Å². The van der Waals surface area contributed by atoms with Crippen LogP contribution in [0.15, 0.2) is 30.3 Å². The molecule has 2 aromatic rings. The summed E-state index contributed by atoms with van der Waals surface area (Å²) in [7, 11) is -3.08. The number of sulfone groups is 1. The maximum Gasteiger partial charge on any atom is 0.325 e. The van der Waals surface area contributed by atoms with Gasteiger partial charge in [0.25, 0.3) is 5.91 Å². The van der Waals surface area contributed by atoms with E-state index in [1.807, 2.05) is 11.5 Å². The number of urea groups is 1. The quantitative estimate of drug-likeness (QED) is 0.538. The average molecular weight is 472 g/mol. The molecule has 0 aliphatic carbocycles. The van der Waals surface area contributed by atoms with E-state index in [0.29, 0.717) is 29.0 Å². The van der Waals surface area contributed by atoms with Crippen molar-refractivity contribution in [2.45, 2.75) is 38.3 Å². The topological polar surface area (TPSA) is 115 Å². The Hall–Kier alpha value is -3.14. The zero-order valence-electron chi connectivity index (χ0n) is 18.5. The Morgan fingerprint density at radius 3 is 2.73 bits per heavy atom. The fraction of sp³-hybridized carbons (Fsp3) is 0.435. The summed E-state index contributed by atoms with van der Waals surface area (Å²) < 4.78 is 31.4. The number of Topliss-reactive ketones (excluding diaryl/α,β-unsaturated/α-hetero) is 1. The van der Waals surface area contributed by atoms with E-state index < -0.39 is 27.3 Å². The number of para-hydroxylation sites is 1. The number of imide groups is 1. The van der Waals surface area contributed by atoms with Gasteiger partial charge in [-0.15, -0.1) is 0 Å². The number of nitrogens with zero attached hydrogens (tertiary/aromatic N) is 2. The highest BCUT2D eigenvalue weighted by atomic mass is 32.2. The van der Waals surface area contributed by atoms with Crippen molar-refractivity contribution in [2.24, 2.45) is 0 Å². The number of carbonyl (C=O) groups excluding carboxylic acids is 3. The fourth-order valence-electron chi connectivity index (χ4n) is 5.34. The number of hydrogen-bond acceptors (Lipinski definition) is 6. The summed E-state index contributed by atoms with van der Waals surface area (Å²) in [6.45, 7) is 3.49. The van der Waals surface area contributed by atoms with E-state index in [2.05, 4.69) is 5.32 Å². The lowest BCUT2D eigenvalue weighted by Crippen LogP contribution is -2.47. The van der Waals surface area contributed by atoms with Gasteiger partial charge in [-0.2, -0.15) is 0 Å². The predicted octanol–water partition coefficient (Wildman–Crippen LogP) is 1.88. The smallest absolute Gasteiger partial charge is 0.325 e. The van der Waals surface area contributed by atoms with E-state index in [9.17, 15) is 22.8 Å². The molecule has 2 saturated heterocycles. The first-order chi connectivity index (χ1) is 15.6. The molecule has 10 heteroatoms. The lowest BCUT2D eigenvalue weighted by Gasteiger charge is -2.33. The number of ketones is 1. The van der Waals surface area contributed by atoms with Gasteiger partial charge in [-0.05, 0) is 32.4 Å². The molecule has 1 aromatic carbocycles. The third kappa shape index (κ3) is 3.35. The van der Waals surface area contributed by atoms with Gasteiger partial charge in [-0.1, -0.05) is 18.2 Å². The molecule has 0 saturated carbocycles. The second-order valence-corrected chi connectivity index (χ2v) is 11.2. The van der Waals surface area contributed by atoms with Gasteiger partial charge in [0.1, 0.15) is 5.75 Å². The molecule has 3 aliphatic rings. The summed E-state index contributed by atoms with van der Waals surface area (Å²) in [4.78, 5) is 40.4. The van der Waals surface area contributed by atoms with Crippen LogP contribution >= 0.6 is 0 Å². The Kier molecular flexibility index (Phi) is 4.89. The number of nitrogens with one attached hydrogen (secondary N) is 1. The number of aryl methyl sites for hydroxylation is 1. The summed E-state index contributed by atoms with van der Waals surface area (Å²) in [5.41, 5.74) is 1.18. The molecule has 33 heavy (non-hydrogen) atoms. The highest BCUT2D eigenvalue weighted by Gasteiger charge is 2.55. The number of ether oxygens (including phenoxy) is 1. The molecule has 0 unspecified atom stereocenters. The molecule has 2 atom stereocenters. The maximum absolute atomic E-state index is 13.4. The van der Waals surface area contributed by atoms with E-state index >= 15 is 0 Å². The van der Waals surface area contributed by atoms with Crippen molar-refractivity contribution < 1.29 is 27.5 Å². The Morgan fingerprint density at radius 2 is 2.00 bits per heavy atom. The molecule has 5 rings (SSSR count). The molecule has 1 N–H and O–H groups in total. The van der Waals surface area contributed by atoms with Crippen LogP contribution in [0.3, 0.4) is 0 Å². The number of fused-ring (bicyclic) bond motifs is 2. The Bertz CT molecular complexity index is 1300. The minimum atomic E-state index is -3.08. The average Bonchev–Trinajstić information content (AvgIpc) is 3.35. The Morgan fingerprint density at radius 1 is 1.24 bits per heavy atom. The van der Waals surface area contributed by atoms with Gasteiger partial charge in [0.15, 0.2) is 21.2 Å². The molecule has 3 amide bonds. The van der Waals surface area contributed by atoms with Crippen LogP contribution in [0.2, 0.25) is 0 Å². The van der Waals surface area contributed by atoms with Crippen LogP contribution in [-0.4, -0.2) is 60.3 Å². The summed E-state index contributed by atoms with van der Waals surface area (Å²) in [5.74, 6) is -0.106. The van der Waals surface area contributed by atoms with E-state index in [1.54, 1.807) is 37.3 Å².